The van der Waals surface area contributed by atoms with Crippen molar-refractivity contribution in [3.63, 3.8) is 0 Å². The summed E-state index contributed by atoms with van der Waals surface area (Å²) in [6.07, 6.45) is 0. The lowest BCUT2D eigenvalue weighted by Crippen LogP contribution is -1.91. The maximum atomic E-state index is 11.4. The molecule has 0 amide bonds. The second-order valence-corrected chi connectivity index (χ2v) is 5.53. The Bertz CT molecular complexity index is 417. The number of para-hydroxylation sites is 1. The number of nitrogens with zero attached hydrogens (tertiary/aromatic N) is 1. The van der Waals surface area contributed by atoms with Gasteiger partial charge in [-0.2, -0.15) is 0 Å². The van der Waals surface area contributed by atoms with Crippen LogP contribution in [0.2, 0.25) is 0 Å². The van der Waals surface area contributed by atoms with Crippen molar-refractivity contribution in [2.24, 2.45) is 0 Å². The summed E-state index contributed by atoms with van der Waals surface area (Å²) >= 11 is 1.52. The summed E-state index contributed by atoms with van der Waals surface area (Å²) < 4.78 is 13.3. The van der Waals surface area contributed by atoms with Crippen LogP contribution in [0, 0.1) is 0 Å². The van der Waals surface area contributed by atoms with Crippen molar-refractivity contribution < 1.29 is 4.21 Å². The molecule has 13 heavy (non-hydrogen) atoms. The molecule has 0 N–H and O–H groups in total. The Morgan fingerprint density at radius 1 is 1.46 bits per heavy atom. The van der Waals surface area contributed by atoms with Gasteiger partial charge in [-0.1, -0.05) is 19.1 Å². The maximum absolute atomic E-state index is 11.4. The van der Waals surface area contributed by atoms with Crippen molar-refractivity contribution in [2.75, 3.05) is 5.75 Å². The lowest BCUT2D eigenvalue weighted by Gasteiger charge is -1.87. The van der Waals surface area contributed by atoms with Gasteiger partial charge < -0.3 is 0 Å². The highest BCUT2D eigenvalue weighted by Crippen LogP contribution is 2.23. The molecule has 1 aromatic carbocycles. The topological polar surface area (TPSA) is 30.0 Å². The van der Waals surface area contributed by atoms with Gasteiger partial charge in [0.05, 0.1) is 21.0 Å². The van der Waals surface area contributed by atoms with Crippen LogP contribution in [0.3, 0.4) is 0 Å². The zero-order chi connectivity index (χ0) is 9.26. The first-order valence-corrected chi connectivity index (χ1v) is 6.18. The van der Waals surface area contributed by atoms with Crippen molar-refractivity contribution in [2.45, 2.75) is 11.3 Å². The average molecular weight is 211 g/mol. The number of benzene rings is 1. The minimum absolute atomic E-state index is 0.639. The minimum atomic E-state index is -0.916. The van der Waals surface area contributed by atoms with E-state index in [4.69, 9.17) is 0 Å². The highest BCUT2D eigenvalue weighted by molar-refractivity contribution is 7.87. The van der Waals surface area contributed by atoms with Crippen LogP contribution in [0.5, 0.6) is 0 Å². The molecule has 0 aliphatic carbocycles. The van der Waals surface area contributed by atoms with Crippen LogP contribution in [-0.2, 0) is 10.8 Å². The average Bonchev–Trinajstić information content (AvgIpc) is 2.59. The van der Waals surface area contributed by atoms with E-state index in [0.29, 0.717) is 5.75 Å². The summed E-state index contributed by atoms with van der Waals surface area (Å²) in [6.45, 7) is 1.90. The molecule has 0 radical (unpaired) electrons. The standard InChI is InChI=1S/C9H9NOS2/c1-2-13(11)9-10-7-5-3-4-6-8(7)12-9/h3-6H,2H2,1H3. The van der Waals surface area contributed by atoms with Gasteiger partial charge in [-0.25, -0.2) is 4.98 Å². The second kappa shape index (κ2) is 3.55. The van der Waals surface area contributed by atoms with Crippen LogP contribution in [0.25, 0.3) is 10.2 Å². The molecule has 0 spiro atoms. The van der Waals surface area contributed by atoms with E-state index in [2.05, 4.69) is 4.98 Å². The van der Waals surface area contributed by atoms with Crippen molar-refractivity contribution in [1.29, 1.82) is 0 Å². The van der Waals surface area contributed by atoms with Gasteiger partial charge in [-0.15, -0.1) is 11.3 Å². The lowest BCUT2D eigenvalue weighted by atomic mass is 10.3. The molecule has 2 rings (SSSR count). The number of rotatable bonds is 2. The Morgan fingerprint density at radius 2 is 2.23 bits per heavy atom. The van der Waals surface area contributed by atoms with E-state index in [-0.39, 0.29) is 0 Å². The Kier molecular flexibility index (Phi) is 2.42. The zero-order valence-corrected chi connectivity index (χ0v) is 8.82. The normalized spacial score (nSPS) is 13.3. The third kappa shape index (κ3) is 1.64. The minimum Gasteiger partial charge on any atom is -0.252 e. The lowest BCUT2D eigenvalue weighted by molar-refractivity contribution is 0.683. The number of fused-ring (bicyclic) bond motifs is 1. The first kappa shape index (κ1) is 8.84. The maximum Gasteiger partial charge on any atom is 0.181 e. The summed E-state index contributed by atoms with van der Waals surface area (Å²) in [5.41, 5.74) is 0.948. The van der Waals surface area contributed by atoms with Crippen molar-refractivity contribution in [3.8, 4) is 0 Å². The molecule has 1 unspecified atom stereocenters. The van der Waals surface area contributed by atoms with E-state index in [1.54, 1.807) is 0 Å². The summed E-state index contributed by atoms with van der Waals surface area (Å²) in [5, 5.41) is 0. The SMILES string of the molecule is CCS(=O)c1nc2ccccc2s1. The molecule has 4 heteroatoms. The highest BCUT2D eigenvalue weighted by atomic mass is 32.2. The van der Waals surface area contributed by atoms with Crippen molar-refractivity contribution in [1.82, 2.24) is 4.98 Å². The Labute approximate surface area is 83.1 Å². The second-order valence-electron chi connectivity index (χ2n) is 2.58. The van der Waals surface area contributed by atoms with Crippen LogP contribution < -0.4 is 0 Å². The molecule has 2 nitrogen and oxygen atoms in total. The van der Waals surface area contributed by atoms with Gasteiger partial charge in [0, 0.05) is 5.75 Å². The molecular formula is C9H9NOS2. The summed E-state index contributed by atoms with van der Waals surface area (Å²) in [7, 11) is -0.916. The largest absolute Gasteiger partial charge is 0.252 e. The molecule has 2 aromatic rings. The summed E-state index contributed by atoms with van der Waals surface area (Å²) in [5.74, 6) is 0.639. The van der Waals surface area contributed by atoms with E-state index < -0.39 is 10.8 Å². The third-order valence-corrected chi connectivity index (χ3v) is 4.38. The fourth-order valence-corrected chi connectivity index (χ4v) is 3.21. The molecule has 0 fully saturated rings. The van der Waals surface area contributed by atoms with E-state index in [1.165, 1.54) is 11.3 Å². The number of aromatic nitrogens is 1. The highest BCUT2D eigenvalue weighted by Gasteiger charge is 2.07. The smallest absolute Gasteiger partial charge is 0.181 e. The number of thiazole rings is 1. The fourth-order valence-electron chi connectivity index (χ4n) is 1.07. The number of hydrogen-bond acceptors (Lipinski definition) is 3. The van der Waals surface area contributed by atoms with Gasteiger partial charge in [-0.05, 0) is 12.1 Å². The molecule has 0 aliphatic rings. The Morgan fingerprint density at radius 3 is 2.92 bits per heavy atom. The van der Waals surface area contributed by atoms with Crippen LogP contribution in [0.1, 0.15) is 6.92 Å². The molecular weight excluding hydrogens is 202 g/mol. The third-order valence-electron chi connectivity index (χ3n) is 1.73. The van der Waals surface area contributed by atoms with Crippen LogP contribution in [0.4, 0.5) is 0 Å². The quantitative estimate of drug-likeness (QED) is 0.763. The van der Waals surface area contributed by atoms with Crippen molar-refractivity contribution >= 4 is 32.4 Å². The van der Waals surface area contributed by atoms with Gasteiger partial charge >= 0.3 is 0 Å². The van der Waals surface area contributed by atoms with Gasteiger partial charge in [0.2, 0.25) is 0 Å². The summed E-state index contributed by atoms with van der Waals surface area (Å²) in [4.78, 5) is 4.30. The van der Waals surface area contributed by atoms with Crippen LogP contribution in [0.15, 0.2) is 28.6 Å². The van der Waals surface area contributed by atoms with E-state index in [1.807, 2.05) is 31.2 Å². The predicted octanol–water partition coefficient (Wildman–Crippen LogP) is 2.42. The fraction of sp³-hybridized carbons (Fsp3) is 0.222. The molecule has 0 saturated heterocycles. The first-order chi connectivity index (χ1) is 6.31. The molecule has 0 aliphatic heterocycles. The van der Waals surface area contributed by atoms with E-state index in [9.17, 15) is 4.21 Å². The van der Waals surface area contributed by atoms with Gasteiger partial charge in [0.15, 0.2) is 4.34 Å². The van der Waals surface area contributed by atoms with E-state index in [0.717, 1.165) is 14.6 Å². The summed E-state index contributed by atoms with van der Waals surface area (Å²) in [6, 6.07) is 7.87. The first-order valence-electron chi connectivity index (χ1n) is 4.05. The van der Waals surface area contributed by atoms with Crippen LogP contribution in [-0.4, -0.2) is 14.9 Å². The van der Waals surface area contributed by atoms with Crippen LogP contribution >= 0.6 is 11.3 Å². The monoisotopic (exact) mass is 211 g/mol. The van der Waals surface area contributed by atoms with Gasteiger partial charge in [0.1, 0.15) is 0 Å². The van der Waals surface area contributed by atoms with E-state index >= 15 is 0 Å². The molecule has 68 valence electrons. The van der Waals surface area contributed by atoms with Gasteiger partial charge in [-0.3, -0.25) is 4.21 Å². The van der Waals surface area contributed by atoms with Crippen molar-refractivity contribution in [3.05, 3.63) is 24.3 Å². The molecule has 1 aromatic heterocycles. The molecule has 0 saturated carbocycles. The van der Waals surface area contributed by atoms with Gasteiger partial charge in [0.25, 0.3) is 0 Å². The molecule has 1 atom stereocenters. The Hall–Kier alpha value is -0.740. The molecule has 0 bridgehead atoms. The predicted molar refractivity (Wildman–Crippen MR) is 56.6 cm³/mol. The zero-order valence-electron chi connectivity index (χ0n) is 7.19. The molecule has 1 heterocycles. The number of hydrogen-bond donors (Lipinski definition) is 0. The Balaban J connectivity index is 2.56.